The van der Waals surface area contributed by atoms with Crippen molar-refractivity contribution in [2.24, 2.45) is 0 Å². The largest absolute Gasteiger partial charge is 0.490 e. The highest BCUT2D eigenvalue weighted by Crippen LogP contribution is 2.23. The van der Waals surface area contributed by atoms with Gasteiger partial charge in [-0.25, -0.2) is 0 Å². The van der Waals surface area contributed by atoms with Gasteiger partial charge < -0.3 is 10.1 Å². The number of carbonyl (C=O) groups excluding carboxylic acids is 2. The Morgan fingerprint density at radius 2 is 2.06 bits per heavy atom. The standard InChI is InChI=1S/C13H15NO3/c1-9(15)14-10-2-5-12(6-3-10)17-13-7-4-11(16)8-13/h2-3,5-6,13H,4,7-8H2,1H3,(H,14,15). The fourth-order valence-corrected chi connectivity index (χ4v) is 1.89. The van der Waals surface area contributed by atoms with Crippen molar-refractivity contribution in [1.29, 1.82) is 0 Å². The molecule has 0 radical (unpaired) electrons. The van der Waals surface area contributed by atoms with Crippen molar-refractivity contribution in [2.45, 2.75) is 32.3 Å². The number of ketones is 1. The smallest absolute Gasteiger partial charge is 0.221 e. The van der Waals surface area contributed by atoms with Crippen LogP contribution in [-0.4, -0.2) is 17.8 Å². The molecule has 0 bridgehead atoms. The molecule has 1 fully saturated rings. The third-order valence-corrected chi connectivity index (χ3v) is 2.68. The van der Waals surface area contributed by atoms with Gasteiger partial charge >= 0.3 is 0 Å². The van der Waals surface area contributed by atoms with E-state index in [2.05, 4.69) is 5.32 Å². The molecule has 0 spiro atoms. The second-order valence-corrected chi connectivity index (χ2v) is 4.23. The number of anilines is 1. The Morgan fingerprint density at radius 1 is 1.35 bits per heavy atom. The molecule has 0 saturated heterocycles. The van der Waals surface area contributed by atoms with E-state index in [0.717, 1.165) is 17.9 Å². The van der Waals surface area contributed by atoms with Gasteiger partial charge in [-0.05, 0) is 30.7 Å². The normalized spacial score (nSPS) is 19.1. The minimum Gasteiger partial charge on any atom is -0.490 e. The van der Waals surface area contributed by atoms with Gasteiger partial charge in [-0.3, -0.25) is 9.59 Å². The number of ether oxygens (including phenoxy) is 1. The molecule has 1 amide bonds. The van der Waals surface area contributed by atoms with Crippen LogP contribution in [0.4, 0.5) is 5.69 Å². The second kappa shape index (κ2) is 4.99. The van der Waals surface area contributed by atoms with Gasteiger partial charge in [-0.1, -0.05) is 0 Å². The first-order valence-corrected chi connectivity index (χ1v) is 5.69. The molecular weight excluding hydrogens is 218 g/mol. The lowest BCUT2D eigenvalue weighted by molar-refractivity contribution is -0.118. The minimum atomic E-state index is -0.0972. The second-order valence-electron chi connectivity index (χ2n) is 4.23. The van der Waals surface area contributed by atoms with E-state index in [1.165, 1.54) is 6.92 Å². The third kappa shape index (κ3) is 3.31. The van der Waals surface area contributed by atoms with Gasteiger partial charge in [0.15, 0.2) is 0 Å². The monoisotopic (exact) mass is 233 g/mol. The molecule has 1 aromatic carbocycles. The van der Waals surface area contributed by atoms with Crippen molar-refractivity contribution in [3.8, 4) is 5.75 Å². The van der Waals surface area contributed by atoms with Crippen molar-refractivity contribution < 1.29 is 14.3 Å². The van der Waals surface area contributed by atoms with Gasteiger partial charge in [-0.15, -0.1) is 0 Å². The van der Waals surface area contributed by atoms with E-state index >= 15 is 0 Å². The summed E-state index contributed by atoms with van der Waals surface area (Å²) in [6.07, 6.45) is 1.93. The van der Waals surface area contributed by atoms with Gasteiger partial charge in [0.05, 0.1) is 0 Å². The van der Waals surface area contributed by atoms with E-state index in [9.17, 15) is 9.59 Å². The average Bonchev–Trinajstić information content (AvgIpc) is 2.66. The van der Waals surface area contributed by atoms with Crippen LogP contribution in [0.1, 0.15) is 26.2 Å². The van der Waals surface area contributed by atoms with Gasteiger partial charge in [0.25, 0.3) is 0 Å². The van der Waals surface area contributed by atoms with Crippen molar-refractivity contribution in [3.05, 3.63) is 24.3 Å². The Bertz CT molecular complexity index is 425. The first-order valence-electron chi connectivity index (χ1n) is 5.69. The van der Waals surface area contributed by atoms with Crippen LogP contribution < -0.4 is 10.1 Å². The number of benzene rings is 1. The quantitative estimate of drug-likeness (QED) is 0.870. The fourth-order valence-electron chi connectivity index (χ4n) is 1.89. The van der Waals surface area contributed by atoms with Crippen LogP contribution in [-0.2, 0) is 9.59 Å². The summed E-state index contributed by atoms with van der Waals surface area (Å²) in [6.45, 7) is 1.47. The lowest BCUT2D eigenvalue weighted by atomic mass is 10.2. The lowest BCUT2D eigenvalue weighted by Gasteiger charge is -2.12. The van der Waals surface area contributed by atoms with Crippen LogP contribution in [0.15, 0.2) is 24.3 Å². The molecule has 90 valence electrons. The highest BCUT2D eigenvalue weighted by Gasteiger charge is 2.23. The van der Waals surface area contributed by atoms with Gasteiger partial charge in [0, 0.05) is 25.5 Å². The molecule has 0 aromatic heterocycles. The van der Waals surface area contributed by atoms with Gasteiger partial charge in [-0.2, -0.15) is 0 Å². The van der Waals surface area contributed by atoms with E-state index in [4.69, 9.17) is 4.74 Å². The predicted octanol–water partition coefficient (Wildman–Crippen LogP) is 2.15. The Morgan fingerprint density at radius 3 is 2.59 bits per heavy atom. The number of nitrogens with one attached hydrogen (secondary N) is 1. The maximum Gasteiger partial charge on any atom is 0.221 e. The first-order chi connectivity index (χ1) is 8.13. The van der Waals surface area contributed by atoms with Crippen molar-refractivity contribution in [3.63, 3.8) is 0 Å². The van der Waals surface area contributed by atoms with Crippen LogP contribution in [0.3, 0.4) is 0 Å². The number of amides is 1. The van der Waals surface area contributed by atoms with Crippen LogP contribution in [0.5, 0.6) is 5.75 Å². The van der Waals surface area contributed by atoms with Crippen molar-refractivity contribution >= 4 is 17.4 Å². The lowest BCUT2D eigenvalue weighted by Crippen LogP contribution is -2.12. The predicted molar refractivity (Wildman–Crippen MR) is 64.0 cm³/mol. The Hall–Kier alpha value is -1.84. The highest BCUT2D eigenvalue weighted by atomic mass is 16.5. The molecule has 1 aliphatic rings. The van der Waals surface area contributed by atoms with Crippen LogP contribution in [0.25, 0.3) is 0 Å². The molecular formula is C13H15NO3. The molecule has 1 N–H and O–H groups in total. The van der Waals surface area contributed by atoms with Crippen LogP contribution >= 0.6 is 0 Å². The average molecular weight is 233 g/mol. The molecule has 0 aliphatic heterocycles. The van der Waals surface area contributed by atoms with Crippen LogP contribution in [0.2, 0.25) is 0 Å². The summed E-state index contributed by atoms with van der Waals surface area (Å²) >= 11 is 0. The molecule has 0 heterocycles. The molecule has 1 saturated carbocycles. The fraction of sp³-hybridized carbons (Fsp3) is 0.385. The summed E-state index contributed by atoms with van der Waals surface area (Å²) in [7, 11) is 0. The van der Waals surface area contributed by atoms with E-state index in [0.29, 0.717) is 12.8 Å². The molecule has 4 heteroatoms. The molecule has 2 rings (SSSR count). The Labute approximate surface area is 100.0 Å². The zero-order valence-corrected chi connectivity index (χ0v) is 9.73. The topological polar surface area (TPSA) is 55.4 Å². The van der Waals surface area contributed by atoms with Gasteiger partial charge in [0.2, 0.25) is 5.91 Å². The van der Waals surface area contributed by atoms with E-state index in [-0.39, 0.29) is 17.8 Å². The Balaban J connectivity index is 1.93. The number of hydrogen-bond acceptors (Lipinski definition) is 3. The van der Waals surface area contributed by atoms with Gasteiger partial charge in [0.1, 0.15) is 17.6 Å². The summed E-state index contributed by atoms with van der Waals surface area (Å²) in [5, 5.41) is 2.68. The molecule has 17 heavy (non-hydrogen) atoms. The van der Waals surface area contributed by atoms with Crippen molar-refractivity contribution in [2.75, 3.05) is 5.32 Å². The SMILES string of the molecule is CC(=O)Nc1ccc(OC2CCC(=O)C2)cc1. The van der Waals surface area contributed by atoms with E-state index in [1.807, 2.05) is 0 Å². The summed E-state index contributed by atoms with van der Waals surface area (Å²) in [6, 6.07) is 7.17. The minimum absolute atomic E-state index is 0.00844. The van der Waals surface area contributed by atoms with Crippen molar-refractivity contribution in [1.82, 2.24) is 0 Å². The maximum atomic E-state index is 11.1. The molecule has 1 unspecified atom stereocenters. The number of hydrogen-bond donors (Lipinski definition) is 1. The zero-order chi connectivity index (χ0) is 12.3. The molecule has 1 aromatic rings. The Kier molecular flexibility index (Phi) is 3.42. The molecule has 4 nitrogen and oxygen atoms in total. The number of Topliss-reactive ketones (excluding diaryl/α,β-unsaturated/α-hetero) is 1. The summed E-state index contributed by atoms with van der Waals surface area (Å²) < 4.78 is 5.67. The highest BCUT2D eigenvalue weighted by molar-refractivity contribution is 5.88. The zero-order valence-electron chi connectivity index (χ0n) is 9.73. The number of carbonyl (C=O) groups is 2. The molecule has 1 aliphatic carbocycles. The van der Waals surface area contributed by atoms with Crippen LogP contribution in [0, 0.1) is 0 Å². The third-order valence-electron chi connectivity index (χ3n) is 2.68. The van der Waals surface area contributed by atoms with E-state index < -0.39 is 0 Å². The number of rotatable bonds is 3. The maximum absolute atomic E-state index is 11.1. The molecule has 1 atom stereocenters. The summed E-state index contributed by atoms with van der Waals surface area (Å²) in [4.78, 5) is 21.9. The first kappa shape index (κ1) is 11.6. The van der Waals surface area contributed by atoms with E-state index in [1.54, 1.807) is 24.3 Å². The summed E-state index contributed by atoms with van der Waals surface area (Å²) in [5.41, 5.74) is 0.743. The summed E-state index contributed by atoms with van der Waals surface area (Å²) in [5.74, 6) is 0.906.